The summed E-state index contributed by atoms with van der Waals surface area (Å²) in [5, 5.41) is 8.42. The minimum atomic E-state index is -3.22. The molecule has 84 valence electrons. The van der Waals surface area contributed by atoms with Gasteiger partial charge in [0.15, 0.2) is 0 Å². The Kier molecular flexibility index (Phi) is 3.52. The lowest BCUT2D eigenvalue weighted by molar-refractivity contribution is -0.137. The molecule has 0 saturated carbocycles. The lowest BCUT2D eigenvalue weighted by Crippen LogP contribution is -2.06. The van der Waals surface area contributed by atoms with E-state index in [-0.39, 0.29) is 6.42 Å². The van der Waals surface area contributed by atoms with Crippen LogP contribution in [0.1, 0.15) is 18.4 Å². The molecular formula is C9H13NO4S. The molecular weight excluding hydrogens is 218 g/mol. The Bertz CT molecular complexity index is 446. The van der Waals surface area contributed by atoms with E-state index in [0.29, 0.717) is 12.8 Å². The van der Waals surface area contributed by atoms with Crippen LogP contribution in [-0.2, 0) is 21.2 Å². The van der Waals surface area contributed by atoms with Crippen molar-refractivity contribution in [2.75, 3.05) is 6.26 Å². The van der Waals surface area contributed by atoms with Crippen molar-refractivity contribution < 1.29 is 18.3 Å². The Labute approximate surface area is 88.4 Å². The van der Waals surface area contributed by atoms with Crippen LogP contribution in [0.3, 0.4) is 0 Å². The Morgan fingerprint density at radius 2 is 2.20 bits per heavy atom. The molecule has 1 N–H and O–H groups in total. The Balaban J connectivity index is 2.58. The Morgan fingerprint density at radius 3 is 2.67 bits per heavy atom. The second-order valence-electron chi connectivity index (χ2n) is 3.36. The number of hydrogen-bond acceptors (Lipinski definition) is 3. The Hall–Kier alpha value is -1.30. The molecule has 15 heavy (non-hydrogen) atoms. The van der Waals surface area contributed by atoms with E-state index < -0.39 is 16.0 Å². The van der Waals surface area contributed by atoms with E-state index in [9.17, 15) is 13.2 Å². The molecule has 0 unspecified atom stereocenters. The first-order chi connectivity index (χ1) is 6.89. The summed E-state index contributed by atoms with van der Waals surface area (Å²) in [5.41, 5.74) is 0.835. The standard InChI is InChI=1S/C9H13NO4S/c1-15(13,14)10-6-5-8(7-10)3-2-4-9(11)12/h5-7H,2-4H2,1H3,(H,11,12). The average molecular weight is 231 g/mol. The summed E-state index contributed by atoms with van der Waals surface area (Å²) >= 11 is 0. The first-order valence-corrected chi connectivity index (χ1v) is 6.33. The number of rotatable bonds is 5. The number of nitrogens with zero attached hydrogens (tertiary/aromatic N) is 1. The van der Waals surface area contributed by atoms with Gasteiger partial charge in [-0.15, -0.1) is 0 Å². The van der Waals surface area contributed by atoms with Crippen LogP contribution in [0.2, 0.25) is 0 Å². The van der Waals surface area contributed by atoms with E-state index in [0.717, 1.165) is 15.8 Å². The maximum Gasteiger partial charge on any atom is 0.303 e. The lowest BCUT2D eigenvalue weighted by atomic mass is 10.1. The number of carboxylic acids is 1. The summed E-state index contributed by atoms with van der Waals surface area (Å²) < 4.78 is 23.3. The molecule has 6 heteroatoms. The van der Waals surface area contributed by atoms with Crippen LogP contribution in [0.15, 0.2) is 18.5 Å². The third-order valence-corrected chi connectivity index (χ3v) is 2.96. The zero-order valence-corrected chi connectivity index (χ0v) is 9.20. The number of aliphatic carboxylic acids is 1. The van der Waals surface area contributed by atoms with Crippen LogP contribution in [0.25, 0.3) is 0 Å². The van der Waals surface area contributed by atoms with E-state index in [2.05, 4.69) is 0 Å². The molecule has 0 aliphatic heterocycles. The van der Waals surface area contributed by atoms with Gasteiger partial charge in [-0.25, -0.2) is 8.42 Å². The molecule has 1 aromatic rings. The van der Waals surface area contributed by atoms with E-state index in [1.165, 1.54) is 12.4 Å². The van der Waals surface area contributed by atoms with Gasteiger partial charge in [0.2, 0.25) is 10.0 Å². The lowest BCUT2D eigenvalue weighted by Gasteiger charge is -1.97. The molecule has 0 aromatic carbocycles. The van der Waals surface area contributed by atoms with Crippen molar-refractivity contribution in [2.45, 2.75) is 19.3 Å². The SMILES string of the molecule is CS(=O)(=O)n1ccc(CCCC(=O)O)c1. The molecule has 0 fully saturated rings. The fourth-order valence-corrected chi connectivity index (χ4v) is 1.83. The van der Waals surface area contributed by atoms with Gasteiger partial charge in [0, 0.05) is 18.8 Å². The number of aromatic nitrogens is 1. The number of hydrogen-bond donors (Lipinski definition) is 1. The monoisotopic (exact) mass is 231 g/mol. The van der Waals surface area contributed by atoms with Gasteiger partial charge in [0.1, 0.15) is 0 Å². The van der Waals surface area contributed by atoms with E-state index in [1.807, 2.05) is 0 Å². The maximum atomic E-state index is 11.1. The zero-order chi connectivity index (χ0) is 11.5. The van der Waals surface area contributed by atoms with Crippen LogP contribution < -0.4 is 0 Å². The molecule has 0 saturated heterocycles. The van der Waals surface area contributed by atoms with Gasteiger partial charge in [-0.05, 0) is 24.5 Å². The van der Waals surface area contributed by atoms with Gasteiger partial charge in [-0.2, -0.15) is 0 Å². The maximum absolute atomic E-state index is 11.1. The summed E-state index contributed by atoms with van der Waals surface area (Å²) in [6.45, 7) is 0. The van der Waals surface area contributed by atoms with Crippen LogP contribution in [0.5, 0.6) is 0 Å². The summed E-state index contributed by atoms with van der Waals surface area (Å²) in [7, 11) is -3.22. The molecule has 5 nitrogen and oxygen atoms in total. The second-order valence-corrected chi connectivity index (χ2v) is 5.25. The fourth-order valence-electron chi connectivity index (χ4n) is 1.22. The first-order valence-electron chi connectivity index (χ1n) is 4.49. The van der Waals surface area contributed by atoms with E-state index >= 15 is 0 Å². The highest BCUT2D eigenvalue weighted by molar-refractivity contribution is 7.89. The topological polar surface area (TPSA) is 76.4 Å². The minimum absolute atomic E-state index is 0.101. The van der Waals surface area contributed by atoms with Crippen LogP contribution in [0, 0.1) is 0 Å². The smallest absolute Gasteiger partial charge is 0.303 e. The first kappa shape index (κ1) is 11.8. The van der Waals surface area contributed by atoms with Gasteiger partial charge in [-0.3, -0.25) is 8.77 Å². The van der Waals surface area contributed by atoms with E-state index in [4.69, 9.17) is 5.11 Å². The molecule has 0 radical (unpaired) electrons. The third kappa shape index (κ3) is 3.75. The molecule has 0 amide bonds. The van der Waals surface area contributed by atoms with Gasteiger partial charge in [0.05, 0.1) is 6.26 Å². The van der Waals surface area contributed by atoms with Crippen molar-refractivity contribution >= 4 is 16.0 Å². The van der Waals surface area contributed by atoms with Crippen LogP contribution >= 0.6 is 0 Å². The molecule has 0 aliphatic carbocycles. The predicted molar refractivity (Wildman–Crippen MR) is 55.2 cm³/mol. The van der Waals surface area contributed by atoms with Crippen molar-refractivity contribution in [3.63, 3.8) is 0 Å². The van der Waals surface area contributed by atoms with Crippen molar-refractivity contribution in [2.24, 2.45) is 0 Å². The summed E-state index contributed by atoms with van der Waals surface area (Å²) in [4.78, 5) is 10.3. The predicted octanol–water partition coefficient (Wildman–Crippen LogP) is 0.703. The number of aryl methyl sites for hydroxylation is 1. The molecule has 0 bridgehead atoms. The molecule has 0 aliphatic rings. The second kappa shape index (κ2) is 4.48. The number of carboxylic acid groups (broad SMARTS) is 1. The molecule has 0 atom stereocenters. The molecule has 0 spiro atoms. The van der Waals surface area contributed by atoms with Crippen LogP contribution in [0.4, 0.5) is 0 Å². The third-order valence-electron chi connectivity index (χ3n) is 1.97. The quantitative estimate of drug-likeness (QED) is 0.809. The molecule has 1 heterocycles. The van der Waals surface area contributed by atoms with Gasteiger partial charge < -0.3 is 5.11 Å². The van der Waals surface area contributed by atoms with Crippen molar-refractivity contribution in [3.8, 4) is 0 Å². The van der Waals surface area contributed by atoms with Crippen molar-refractivity contribution in [3.05, 3.63) is 24.0 Å². The van der Waals surface area contributed by atoms with E-state index in [1.54, 1.807) is 6.07 Å². The summed E-state index contributed by atoms with van der Waals surface area (Å²) in [5.74, 6) is -0.836. The zero-order valence-electron chi connectivity index (χ0n) is 8.38. The molecule has 1 aromatic heterocycles. The highest BCUT2D eigenvalue weighted by Gasteiger charge is 2.06. The highest BCUT2D eigenvalue weighted by Crippen LogP contribution is 2.07. The van der Waals surface area contributed by atoms with Gasteiger partial charge >= 0.3 is 5.97 Å². The largest absolute Gasteiger partial charge is 0.481 e. The van der Waals surface area contributed by atoms with Crippen LogP contribution in [-0.4, -0.2) is 29.7 Å². The highest BCUT2D eigenvalue weighted by atomic mass is 32.2. The minimum Gasteiger partial charge on any atom is -0.481 e. The Morgan fingerprint density at radius 1 is 1.53 bits per heavy atom. The average Bonchev–Trinajstić information content (AvgIpc) is 2.51. The summed E-state index contributed by atoms with van der Waals surface area (Å²) in [6, 6.07) is 1.68. The van der Waals surface area contributed by atoms with Crippen molar-refractivity contribution in [1.29, 1.82) is 0 Å². The normalized spacial score (nSPS) is 11.5. The molecule has 1 rings (SSSR count). The fraction of sp³-hybridized carbons (Fsp3) is 0.444. The van der Waals surface area contributed by atoms with Gasteiger partial charge in [0.25, 0.3) is 0 Å². The summed E-state index contributed by atoms with van der Waals surface area (Å²) in [6.07, 6.45) is 5.29. The van der Waals surface area contributed by atoms with Crippen molar-refractivity contribution in [1.82, 2.24) is 3.97 Å². The number of carbonyl (C=O) groups is 1. The van der Waals surface area contributed by atoms with Gasteiger partial charge in [-0.1, -0.05) is 0 Å².